The highest BCUT2D eigenvalue weighted by atomic mass is 16.1. The van der Waals surface area contributed by atoms with E-state index in [1.54, 1.807) is 0 Å². The Morgan fingerprint density at radius 3 is 2.31 bits per heavy atom. The summed E-state index contributed by atoms with van der Waals surface area (Å²) in [5.41, 5.74) is 3.32. The molecule has 1 amide bonds. The van der Waals surface area contributed by atoms with Gasteiger partial charge in [0.15, 0.2) is 0 Å². The lowest BCUT2D eigenvalue weighted by molar-refractivity contribution is 0.0930. The number of benzene rings is 1. The van der Waals surface area contributed by atoms with Gasteiger partial charge in [0.2, 0.25) is 5.95 Å². The van der Waals surface area contributed by atoms with Gasteiger partial charge in [0.25, 0.3) is 5.91 Å². The van der Waals surface area contributed by atoms with Crippen molar-refractivity contribution in [1.29, 1.82) is 0 Å². The Morgan fingerprint density at radius 2 is 1.62 bits per heavy atom. The highest BCUT2D eigenvalue weighted by Crippen LogP contribution is 2.19. The molecule has 0 atom stereocenters. The molecular weight excluding hydrogens is 324 g/mol. The zero-order chi connectivity index (χ0) is 18.4. The Bertz CT molecular complexity index is 731. The molecule has 1 heterocycles. The van der Waals surface area contributed by atoms with Crippen LogP contribution in [0, 0.1) is 13.8 Å². The Morgan fingerprint density at radius 1 is 0.962 bits per heavy atom. The van der Waals surface area contributed by atoms with Crippen molar-refractivity contribution in [2.45, 2.75) is 64.8 Å². The lowest BCUT2D eigenvalue weighted by atomic mass is 9.96. The number of hydrogen-bond acceptors (Lipinski definition) is 4. The monoisotopic (exact) mass is 352 g/mol. The van der Waals surface area contributed by atoms with Crippen LogP contribution in [0.1, 0.15) is 66.7 Å². The van der Waals surface area contributed by atoms with Gasteiger partial charge in [-0.3, -0.25) is 4.79 Å². The summed E-state index contributed by atoms with van der Waals surface area (Å²) >= 11 is 0. The van der Waals surface area contributed by atoms with Crippen molar-refractivity contribution in [3.05, 3.63) is 47.3 Å². The predicted octanol–water partition coefficient (Wildman–Crippen LogP) is 4.68. The van der Waals surface area contributed by atoms with E-state index < -0.39 is 0 Å². The lowest BCUT2D eigenvalue weighted by Crippen LogP contribution is -2.35. The number of carbonyl (C=O) groups excluding carboxylic acids is 1. The first-order chi connectivity index (χ1) is 12.6. The molecule has 2 N–H and O–H groups in total. The molecule has 138 valence electrons. The predicted molar refractivity (Wildman–Crippen MR) is 105 cm³/mol. The first-order valence-corrected chi connectivity index (χ1v) is 9.60. The third-order valence-electron chi connectivity index (χ3n) is 4.80. The molecular formula is C21H28N4O. The molecule has 1 aliphatic rings. The number of nitrogens with one attached hydrogen (secondary N) is 2. The van der Waals surface area contributed by atoms with Gasteiger partial charge in [0, 0.05) is 28.7 Å². The van der Waals surface area contributed by atoms with Gasteiger partial charge in [-0.15, -0.1) is 0 Å². The molecule has 1 aromatic heterocycles. The van der Waals surface area contributed by atoms with E-state index in [-0.39, 0.29) is 5.91 Å². The summed E-state index contributed by atoms with van der Waals surface area (Å²) in [5, 5.41) is 6.41. The highest BCUT2D eigenvalue weighted by molar-refractivity contribution is 5.95. The molecule has 1 saturated carbocycles. The molecule has 26 heavy (non-hydrogen) atoms. The van der Waals surface area contributed by atoms with Crippen LogP contribution in [0.15, 0.2) is 30.3 Å². The zero-order valence-corrected chi connectivity index (χ0v) is 15.7. The molecule has 3 rings (SSSR count). The smallest absolute Gasteiger partial charge is 0.251 e. The molecule has 0 aliphatic heterocycles. The molecule has 0 saturated heterocycles. The highest BCUT2D eigenvalue weighted by Gasteiger charge is 2.15. The van der Waals surface area contributed by atoms with E-state index >= 15 is 0 Å². The summed E-state index contributed by atoms with van der Waals surface area (Å²) in [4.78, 5) is 21.4. The van der Waals surface area contributed by atoms with Crippen molar-refractivity contribution >= 4 is 17.5 Å². The van der Waals surface area contributed by atoms with Gasteiger partial charge < -0.3 is 10.6 Å². The molecule has 0 bridgehead atoms. The summed E-state index contributed by atoms with van der Waals surface area (Å²) in [5.74, 6) is 0.556. The topological polar surface area (TPSA) is 66.9 Å². The van der Waals surface area contributed by atoms with Crippen LogP contribution in [0.4, 0.5) is 11.6 Å². The van der Waals surface area contributed by atoms with Crippen LogP contribution >= 0.6 is 0 Å². The maximum atomic E-state index is 12.7. The SMILES string of the molecule is Cc1cc(C)nc(Nc2cccc(C(=O)NC3CCCCCCC3)c2)n1. The zero-order valence-electron chi connectivity index (χ0n) is 15.7. The summed E-state index contributed by atoms with van der Waals surface area (Å²) in [6.45, 7) is 3.89. The Balaban J connectivity index is 1.66. The van der Waals surface area contributed by atoms with Crippen LogP contribution in [0.25, 0.3) is 0 Å². The molecule has 1 aliphatic carbocycles. The van der Waals surface area contributed by atoms with E-state index in [1.807, 2.05) is 44.2 Å². The molecule has 0 spiro atoms. The average Bonchev–Trinajstić information content (AvgIpc) is 2.56. The quantitative estimate of drug-likeness (QED) is 0.838. The van der Waals surface area contributed by atoms with Crippen LogP contribution in [-0.2, 0) is 0 Å². The number of amides is 1. The first-order valence-electron chi connectivity index (χ1n) is 9.60. The number of carbonyl (C=O) groups is 1. The molecule has 5 nitrogen and oxygen atoms in total. The molecule has 0 unspecified atom stereocenters. The lowest BCUT2D eigenvalue weighted by Gasteiger charge is -2.21. The van der Waals surface area contributed by atoms with E-state index in [0.29, 0.717) is 17.6 Å². The average molecular weight is 352 g/mol. The van der Waals surface area contributed by atoms with Gasteiger partial charge in [0.1, 0.15) is 0 Å². The summed E-state index contributed by atoms with van der Waals surface area (Å²) in [7, 11) is 0. The van der Waals surface area contributed by atoms with Crippen LogP contribution in [0.5, 0.6) is 0 Å². The van der Waals surface area contributed by atoms with Crippen molar-refractivity contribution in [3.63, 3.8) is 0 Å². The Hall–Kier alpha value is -2.43. The third-order valence-corrected chi connectivity index (χ3v) is 4.80. The minimum Gasteiger partial charge on any atom is -0.349 e. The normalized spacial score (nSPS) is 15.8. The number of nitrogens with zero attached hydrogens (tertiary/aromatic N) is 2. The maximum absolute atomic E-state index is 12.7. The molecule has 2 aromatic rings. The van der Waals surface area contributed by atoms with Crippen molar-refractivity contribution in [2.24, 2.45) is 0 Å². The molecule has 5 heteroatoms. The van der Waals surface area contributed by atoms with Crippen molar-refractivity contribution in [1.82, 2.24) is 15.3 Å². The van der Waals surface area contributed by atoms with Crippen molar-refractivity contribution in [2.75, 3.05) is 5.32 Å². The summed E-state index contributed by atoms with van der Waals surface area (Å²) in [6.07, 6.45) is 8.46. The summed E-state index contributed by atoms with van der Waals surface area (Å²) in [6, 6.07) is 9.75. The van der Waals surface area contributed by atoms with Crippen LogP contribution in [0.3, 0.4) is 0 Å². The van der Waals surface area contributed by atoms with Gasteiger partial charge >= 0.3 is 0 Å². The van der Waals surface area contributed by atoms with Gasteiger partial charge in [-0.25, -0.2) is 9.97 Å². The second-order valence-corrected chi connectivity index (χ2v) is 7.20. The van der Waals surface area contributed by atoms with Gasteiger partial charge in [-0.1, -0.05) is 38.2 Å². The van der Waals surface area contributed by atoms with E-state index in [1.165, 1.54) is 32.1 Å². The minimum absolute atomic E-state index is 0.000523. The van der Waals surface area contributed by atoms with Crippen LogP contribution in [0.2, 0.25) is 0 Å². The fraction of sp³-hybridized carbons (Fsp3) is 0.476. The molecule has 1 aromatic carbocycles. The van der Waals surface area contributed by atoms with Crippen molar-refractivity contribution in [3.8, 4) is 0 Å². The number of aryl methyl sites for hydroxylation is 2. The van der Waals surface area contributed by atoms with Gasteiger partial charge in [-0.2, -0.15) is 0 Å². The molecule has 1 fully saturated rings. The van der Waals surface area contributed by atoms with Crippen LogP contribution < -0.4 is 10.6 Å². The largest absolute Gasteiger partial charge is 0.349 e. The van der Waals surface area contributed by atoms with Crippen molar-refractivity contribution < 1.29 is 4.79 Å². The Labute approximate surface area is 155 Å². The molecule has 0 radical (unpaired) electrons. The second kappa shape index (κ2) is 8.79. The maximum Gasteiger partial charge on any atom is 0.251 e. The number of hydrogen-bond donors (Lipinski definition) is 2. The fourth-order valence-electron chi connectivity index (χ4n) is 3.52. The van der Waals surface area contributed by atoms with Gasteiger partial charge in [-0.05, 0) is 51.0 Å². The minimum atomic E-state index is 0.000523. The summed E-state index contributed by atoms with van der Waals surface area (Å²) < 4.78 is 0. The number of rotatable bonds is 4. The first kappa shape index (κ1) is 18.4. The second-order valence-electron chi connectivity index (χ2n) is 7.20. The van der Waals surface area contributed by atoms with Crippen LogP contribution in [-0.4, -0.2) is 21.9 Å². The van der Waals surface area contributed by atoms with E-state index in [4.69, 9.17) is 0 Å². The van der Waals surface area contributed by atoms with E-state index in [2.05, 4.69) is 20.6 Å². The third kappa shape index (κ3) is 5.28. The number of anilines is 2. The van der Waals surface area contributed by atoms with E-state index in [0.717, 1.165) is 29.9 Å². The van der Waals surface area contributed by atoms with Gasteiger partial charge in [0.05, 0.1) is 0 Å². The Kier molecular flexibility index (Phi) is 6.21. The van der Waals surface area contributed by atoms with E-state index in [9.17, 15) is 4.79 Å². The standard InChI is InChI=1S/C21H28N4O/c1-15-13-16(2)23-21(22-15)25-19-12-8-9-17(14-19)20(26)24-18-10-6-4-3-5-7-11-18/h8-9,12-14,18H,3-7,10-11H2,1-2H3,(H,24,26)(H,22,23,25). The fourth-order valence-corrected chi connectivity index (χ4v) is 3.52. The number of aromatic nitrogens is 2.